The molecule has 1 aromatic heterocycles. The summed E-state index contributed by atoms with van der Waals surface area (Å²) in [6.07, 6.45) is 5.22. The summed E-state index contributed by atoms with van der Waals surface area (Å²) in [5.74, 6) is 2.02. The Labute approximate surface area is 178 Å². The molecular weight excluding hydrogens is 378 g/mol. The highest BCUT2D eigenvalue weighted by Gasteiger charge is 2.26. The Balaban J connectivity index is 1.48. The molecule has 3 N–H and O–H groups in total. The zero-order valence-electron chi connectivity index (χ0n) is 18.2. The van der Waals surface area contributed by atoms with Crippen LogP contribution in [0.1, 0.15) is 45.1 Å². The number of rotatable bonds is 7. The van der Waals surface area contributed by atoms with E-state index in [2.05, 4.69) is 56.8 Å². The molecule has 2 aromatic rings. The van der Waals surface area contributed by atoms with E-state index in [-0.39, 0.29) is 5.92 Å². The van der Waals surface area contributed by atoms with Crippen molar-refractivity contribution in [3.05, 3.63) is 36.2 Å². The number of H-pyrrole nitrogens is 1. The topological polar surface area (TPSA) is 98.3 Å². The zero-order valence-corrected chi connectivity index (χ0v) is 18.2. The van der Waals surface area contributed by atoms with Crippen molar-refractivity contribution < 1.29 is 4.79 Å². The van der Waals surface area contributed by atoms with E-state index in [9.17, 15) is 4.79 Å². The molecule has 1 saturated heterocycles. The predicted octanol–water partition coefficient (Wildman–Crippen LogP) is 2.56. The molecule has 0 spiro atoms. The molecule has 0 aliphatic carbocycles. The molecule has 1 aliphatic heterocycles. The van der Waals surface area contributed by atoms with Gasteiger partial charge in [0.25, 0.3) is 0 Å². The Morgan fingerprint density at radius 1 is 1.30 bits per heavy atom. The van der Waals surface area contributed by atoms with Crippen molar-refractivity contribution in [1.82, 2.24) is 30.7 Å². The Morgan fingerprint density at radius 3 is 2.70 bits per heavy atom. The third-order valence-corrected chi connectivity index (χ3v) is 5.78. The van der Waals surface area contributed by atoms with Gasteiger partial charge in [-0.1, -0.05) is 32.0 Å². The lowest BCUT2D eigenvalue weighted by molar-refractivity contribution is -0.136. The molecule has 8 nitrogen and oxygen atoms in total. The number of carbonyl (C=O) groups excluding carboxylic acids is 1. The SMILES string of the molecule is CCC(CC)C(=O)N1CCC(NC(=NC)NCc2cccc(-c3ncn[nH]3)c2)CC1. The number of benzene rings is 1. The summed E-state index contributed by atoms with van der Waals surface area (Å²) in [4.78, 5) is 23.2. The van der Waals surface area contributed by atoms with Crippen molar-refractivity contribution in [3.63, 3.8) is 0 Å². The number of likely N-dealkylation sites (tertiary alicyclic amines) is 1. The van der Waals surface area contributed by atoms with Crippen LogP contribution in [0.4, 0.5) is 0 Å². The molecule has 30 heavy (non-hydrogen) atoms. The number of amides is 1. The van der Waals surface area contributed by atoms with Gasteiger partial charge in [-0.05, 0) is 37.3 Å². The van der Waals surface area contributed by atoms with Crippen molar-refractivity contribution in [2.24, 2.45) is 10.9 Å². The van der Waals surface area contributed by atoms with Gasteiger partial charge in [0.15, 0.2) is 11.8 Å². The summed E-state index contributed by atoms with van der Waals surface area (Å²) in [6, 6.07) is 8.50. The average Bonchev–Trinajstić information content (AvgIpc) is 3.33. The van der Waals surface area contributed by atoms with Gasteiger partial charge in [-0.25, -0.2) is 4.98 Å². The normalized spacial score (nSPS) is 15.5. The number of aliphatic imine (C=N–C) groups is 1. The predicted molar refractivity (Wildman–Crippen MR) is 119 cm³/mol. The van der Waals surface area contributed by atoms with Gasteiger partial charge in [0.05, 0.1) is 0 Å². The zero-order chi connectivity index (χ0) is 21.3. The number of piperidine rings is 1. The molecule has 1 aromatic carbocycles. The van der Waals surface area contributed by atoms with Gasteiger partial charge >= 0.3 is 0 Å². The molecule has 0 saturated carbocycles. The highest BCUT2D eigenvalue weighted by molar-refractivity contribution is 5.80. The van der Waals surface area contributed by atoms with Crippen LogP contribution in [0.15, 0.2) is 35.6 Å². The van der Waals surface area contributed by atoms with Crippen LogP contribution in [0.25, 0.3) is 11.4 Å². The van der Waals surface area contributed by atoms with Gasteiger partial charge in [-0.2, -0.15) is 5.10 Å². The molecule has 2 heterocycles. The summed E-state index contributed by atoms with van der Waals surface area (Å²) in [5, 5.41) is 13.7. The molecule has 1 amide bonds. The highest BCUT2D eigenvalue weighted by Crippen LogP contribution is 2.18. The first-order valence-corrected chi connectivity index (χ1v) is 10.8. The maximum Gasteiger partial charge on any atom is 0.225 e. The maximum absolute atomic E-state index is 12.6. The molecular formula is C22H33N7O. The lowest BCUT2D eigenvalue weighted by Crippen LogP contribution is -2.50. The fraction of sp³-hybridized carbons (Fsp3) is 0.545. The number of aromatic nitrogens is 3. The molecule has 0 bridgehead atoms. The Bertz CT molecular complexity index is 822. The van der Waals surface area contributed by atoms with Gasteiger partial charge in [0.1, 0.15) is 6.33 Å². The molecule has 3 rings (SSSR count). The van der Waals surface area contributed by atoms with Gasteiger partial charge in [0.2, 0.25) is 5.91 Å². The van der Waals surface area contributed by atoms with Crippen LogP contribution in [-0.4, -0.2) is 58.1 Å². The third-order valence-electron chi connectivity index (χ3n) is 5.78. The number of hydrogen-bond donors (Lipinski definition) is 3. The second-order valence-electron chi connectivity index (χ2n) is 7.72. The molecule has 0 radical (unpaired) electrons. The Kier molecular flexibility index (Phi) is 7.82. The van der Waals surface area contributed by atoms with Crippen molar-refractivity contribution in [1.29, 1.82) is 0 Å². The van der Waals surface area contributed by atoms with Crippen molar-refractivity contribution in [2.45, 2.75) is 52.1 Å². The molecule has 1 aliphatic rings. The Hall–Kier alpha value is -2.90. The lowest BCUT2D eigenvalue weighted by atomic mass is 9.98. The van der Waals surface area contributed by atoms with E-state index >= 15 is 0 Å². The van der Waals surface area contributed by atoms with Crippen LogP contribution in [0.5, 0.6) is 0 Å². The molecule has 8 heteroatoms. The standard InChI is InChI=1S/C22H33N7O/c1-4-17(5-2)21(30)29-11-9-19(10-12-29)27-22(23-3)24-14-16-7-6-8-18(13-16)20-25-15-26-28-20/h6-8,13,15,17,19H,4-5,9-12,14H2,1-3H3,(H2,23,24,27)(H,25,26,28). The minimum Gasteiger partial charge on any atom is -0.354 e. The number of aromatic amines is 1. The van der Waals surface area contributed by atoms with Crippen LogP contribution in [0.3, 0.4) is 0 Å². The first-order valence-electron chi connectivity index (χ1n) is 10.8. The summed E-state index contributed by atoms with van der Waals surface area (Å²) in [7, 11) is 1.78. The quantitative estimate of drug-likeness (QED) is 0.480. The number of nitrogens with one attached hydrogen (secondary N) is 3. The van der Waals surface area contributed by atoms with Crippen LogP contribution in [-0.2, 0) is 11.3 Å². The van der Waals surface area contributed by atoms with Crippen LogP contribution in [0, 0.1) is 5.92 Å². The third kappa shape index (κ3) is 5.58. The monoisotopic (exact) mass is 411 g/mol. The van der Waals surface area contributed by atoms with E-state index in [0.717, 1.165) is 61.7 Å². The largest absolute Gasteiger partial charge is 0.354 e. The number of carbonyl (C=O) groups is 1. The second-order valence-corrected chi connectivity index (χ2v) is 7.72. The molecule has 0 unspecified atom stereocenters. The first-order chi connectivity index (χ1) is 14.6. The second kappa shape index (κ2) is 10.8. The summed E-state index contributed by atoms with van der Waals surface area (Å²) in [6.45, 7) is 6.47. The summed E-state index contributed by atoms with van der Waals surface area (Å²) >= 11 is 0. The van der Waals surface area contributed by atoms with Gasteiger partial charge in [0, 0.05) is 44.2 Å². The lowest BCUT2D eigenvalue weighted by Gasteiger charge is -2.34. The van der Waals surface area contributed by atoms with Crippen LogP contribution in [0.2, 0.25) is 0 Å². The molecule has 1 fully saturated rings. The van der Waals surface area contributed by atoms with Crippen molar-refractivity contribution in [3.8, 4) is 11.4 Å². The van der Waals surface area contributed by atoms with Crippen molar-refractivity contribution >= 4 is 11.9 Å². The van der Waals surface area contributed by atoms with Gasteiger partial charge in [-0.3, -0.25) is 14.9 Å². The number of hydrogen-bond acceptors (Lipinski definition) is 4. The van der Waals surface area contributed by atoms with E-state index in [4.69, 9.17) is 0 Å². The minimum absolute atomic E-state index is 0.164. The minimum atomic E-state index is 0.164. The van der Waals surface area contributed by atoms with E-state index < -0.39 is 0 Å². The fourth-order valence-electron chi connectivity index (χ4n) is 3.89. The average molecular weight is 412 g/mol. The van der Waals surface area contributed by atoms with Gasteiger partial charge in [-0.15, -0.1) is 0 Å². The van der Waals surface area contributed by atoms with Crippen LogP contribution >= 0.6 is 0 Å². The summed E-state index contributed by atoms with van der Waals surface area (Å²) in [5.41, 5.74) is 2.14. The molecule has 162 valence electrons. The van der Waals surface area contributed by atoms with Crippen LogP contribution < -0.4 is 10.6 Å². The maximum atomic E-state index is 12.6. The van der Waals surface area contributed by atoms with E-state index in [1.807, 2.05) is 17.0 Å². The van der Waals surface area contributed by atoms with E-state index in [1.165, 1.54) is 6.33 Å². The Morgan fingerprint density at radius 2 is 2.07 bits per heavy atom. The van der Waals surface area contributed by atoms with Crippen molar-refractivity contribution in [2.75, 3.05) is 20.1 Å². The highest BCUT2D eigenvalue weighted by atomic mass is 16.2. The van der Waals surface area contributed by atoms with E-state index in [0.29, 0.717) is 18.5 Å². The number of guanidine groups is 1. The van der Waals surface area contributed by atoms with Gasteiger partial charge < -0.3 is 15.5 Å². The van der Waals surface area contributed by atoms with E-state index in [1.54, 1.807) is 7.05 Å². The summed E-state index contributed by atoms with van der Waals surface area (Å²) < 4.78 is 0. The smallest absolute Gasteiger partial charge is 0.225 e. The fourth-order valence-corrected chi connectivity index (χ4v) is 3.89. The molecule has 0 atom stereocenters. The first kappa shape index (κ1) is 21.8. The number of nitrogens with zero attached hydrogens (tertiary/aromatic N) is 4.